The van der Waals surface area contributed by atoms with Crippen molar-refractivity contribution in [2.24, 2.45) is 0 Å². The number of para-hydroxylation sites is 1. The number of fused-ring (bicyclic) bond motifs is 1. The van der Waals surface area contributed by atoms with Gasteiger partial charge in [-0.15, -0.1) is 0 Å². The summed E-state index contributed by atoms with van der Waals surface area (Å²) in [6.45, 7) is 4.04. The maximum Gasteiger partial charge on any atom is 0.227 e. The van der Waals surface area contributed by atoms with Crippen molar-refractivity contribution in [2.45, 2.75) is 13.8 Å². The van der Waals surface area contributed by atoms with E-state index in [2.05, 4.69) is 4.98 Å². The highest BCUT2D eigenvalue weighted by atomic mass is 16.3. The molecule has 3 nitrogen and oxygen atoms in total. The molecule has 0 bridgehead atoms. The van der Waals surface area contributed by atoms with E-state index in [1.807, 2.05) is 50.2 Å². The lowest BCUT2D eigenvalue weighted by Crippen LogP contribution is -1.88. The van der Waals surface area contributed by atoms with Crippen molar-refractivity contribution in [3.8, 4) is 11.5 Å². The van der Waals surface area contributed by atoms with Gasteiger partial charge in [-0.3, -0.25) is 0 Å². The fourth-order valence-electron chi connectivity index (χ4n) is 2.07. The number of nitrogens with two attached hydrogens (primary N) is 1. The van der Waals surface area contributed by atoms with Crippen molar-refractivity contribution in [2.75, 3.05) is 5.73 Å². The second kappa shape index (κ2) is 3.88. The second-order valence-electron chi connectivity index (χ2n) is 4.52. The van der Waals surface area contributed by atoms with E-state index in [4.69, 9.17) is 10.2 Å². The molecule has 90 valence electrons. The molecule has 0 spiro atoms. The number of nitrogens with zero attached hydrogens (tertiary/aromatic N) is 1. The van der Waals surface area contributed by atoms with Crippen LogP contribution >= 0.6 is 0 Å². The molecule has 0 aliphatic rings. The first-order valence-corrected chi connectivity index (χ1v) is 5.88. The zero-order valence-corrected chi connectivity index (χ0v) is 10.4. The molecule has 2 aromatic carbocycles. The summed E-state index contributed by atoms with van der Waals surface area (Å²) in [7, 11) is 0. The summed E-state index contributed by atoms with van der Waals surface area (Å²) in [6.07, 6.45) is 0. The van der Waals surface area contributed by atoms with E-state index in [0.29, 0.717) is 5.89 Å². The van der Waals surface area contributed by atoms with E-state index >= 15 is 0 Å². The average molecular weight is 238 g/mol. The van der Waals surface area contributed by atoms with Gasteiger partial charge in [0, 0.05) is 11.3 Å². The largest absolute Gasteiger partial charge is 0.436 e. The molecule has 0 fully saturated rings. The Kier molecular flexibility index (Phi) is 2.33. The molecule has 0 radical (unpaired) electrons. The Hall–Kier alpha value is -2.29. The molecule has 0 aliphatic heterocycles. The monoisotopic (exact) mass is 238 g/mol. The number of hydrogen-bond donors (Lipinski definition) is 1. The van der Waals surface area contributed by atoms with Gasteiger partial charge in [-0.1, -0.05) is 18.2 Å². The number of rotatable bonds is 1. The molecule has 3 rings (SSSR count). The number of aryl methyl sites for hydroxylation is 2. The highest BCUT2D eigenvalue weighted by molar-refractivity contribution is 5.80. The Bertz CT molecular complexity index is 728. The van der Waals surface area contributed by atoms with Gasteiger partial charge in [-0.25, -0.2) is 4.98 Å². The van der Waals surface area contributed by atoms with Crippen LogP contribution in [0, 0.1) is 13.8 Å². The highest BCUT2D eigenvalue weighted by Crippen LogP contribution is 2.29. The van der Waals surface area contributed by atoms with E-state index in [1.54, 1.807) is 0 Å². The molecular weight excluding hydrogens is 224 g/mol. The van der Waals surface area contributed by atoms with E-state index in [9.17, 15) is 0 Å². The number of hydrogen-bond acceptors (Lipinski definition) is 3. The van der Waals surface area contributed by atoms with Gasteiger partial charge >= 0.3 is 0 Å². The normalized spacial score (nSPS) is 11.0. The van der Waals surface area contributed by atoms with Gasteiger partial charge in [0.2, 0.25) is 5.89 Å². The Morgan fingerprint density at radius 1 is 1.06 bits per heavy atom. The summed E-state index contributed by atoms with van der Waals surface area (Å²) >= 11 is 0. The molecule has 3 aromatic rings. The van der Waals surface area contributed by atoms with Crippen molar-refractivity contribution < 1.29 is 4.42 Å². The van der Waals surface area contributed by atoms with Crippen LogP contribution in [-0.2, 0) is 0 Å². The summed E-state index contributed by atoms with van der Waals surface area (Å²) in [5, 5.41) is 0. The molecule has 1 heterocycles. The molecule has 0 aliphatic carbocycles. The van der Waals surface area contributed by atoms with Crippen LogP contribution in [-0.4, -0.2) is 4.98 Å². The third-order valence-corrected chi connectivity index (χ3v) is 3.10. The molecular formula is C15H14N2O. The number of nitrogen functional groups attached to an aromatic ring is 1. The van der Waals surface area contributed by atoms with Crippen LogP contribution in [0.3, 0.4) is 0 Å². The van der Waals surface area contributed by atoms with Crippen LogP contribution < -0.4 is 5.73 Å². The first-order valence-electron chi connectivity index (χ1n) is 5.88. The van der Waals surface area contributed by atoms with Crippen LogP contribution in [0.2, 0.25) is 0 Å². The summed E-state index contributed by atoms with van der Waals surface area (Å²) in [5.41, 5.74) is 11.4. The zero-order chi connectivity index (χ0) is 12.7. The smallest absolute Gasteiger partial charge is 0.227 e. The van der Waals surface area contributed by atoms with Crippen molar-refractivity contribution in [3.63, 3.8) is 0 Å². The molecule has 0 saturated carbocycles. The van der Waals surface area contributed by atoms with Crippen molar-refractivity contribution in [1.82, 2.24) is 4.98 Å². The minimum absolute atomic E-state index is 0.629. The minimum Gasteiger partial charge on any atom is -0.436 e. The Morgan fingerprint density at radius 3 is 2.67 bits per heavy atom. The second-order valence-corrected chi connectivity index (χ2v) is 4.52. The minimum atomic E-state index is 0.629. The van der Waals surface area contributed by atoms with Gasteiger partial charge in [0.15, 0.2) is 5.58 Å². The highest BCUT2D eigenvalue weighted by Gasteiger charge is 2.11. The lowest BCUT2D eigenvalue weighted by atomic mass is 10.1. The predicted molar refractivity (Wildman–Crippen MR) is 73.3 cm³/mol. The van der Waals surface area contributed by atoms with Gasteiger partial charge < -0.3 is 10.2 Å². The Morgan fingerprint density at radius 2 is 1.89 bits per heavy atom. The lowest BCUT2D eigenvalue weighted by molar-refractivity contribution is 0.617. The lowest BCUT2D eigenvalue weighted by Gasteiger charge is -2.02. The molecule has 0 saturated heterocycles. The van der Waals surface area contributed by atoms with Crippen molar-refractivity contribution in [3.05, 3.63) is 47.5 Å². The van der Waals surface area contributed by atoms with Crippen molar-refractivity contribution in [1.29, 1.82) is 0 Å². The number of anilines is 1. The SMILES string of the molecule is Cc1ccc(N)cc1-c1nc2cccc(C)c2o1. The van der Waals surface area contributed by atoms with Gasteiger partial charge in [0.1, 0.15) is 5.52 Å². The third kappa shape index (κ3) is 1.64. The third-order valence-electron chi connectivity index (χ3n) is 3.10. The first kappa shape index (κ1) is 10.8. The van der Waals surface area contributed by atoms with Crippen LogP contribution in [0.25, 0.3) is 22.6 Å². The maximum absolute atomic E-state index is 5.85. The fraction of sp³-hybridized carbons (Fsp3) is 0.133. The maximum atomic E-state index is 5.85. The molecule has 1 aromatic heterocycles. The summed E-state index contributed by atoms with van der Waals surface area (Å²) in [5.74, 6) is 0.629. The fourth-order valence-corrected chi connectivity index (χ4v) is 2.07. The van der Waals surface area contributed by atoms with Crippen molar-refractivity contribution >= 4 is 16.8 Å². The van der Waals surface area contributed by atoms with Gasteiger partial charge in [-0.05, 0) is 43.2 Å². The average Bonchev–Trinajstić information content (AvgIpc) is 2.77. The van der Waals surface area contributed by atoms with Crippen LogP contribution in [0.4, 0.5) is 5.69 Å². The van der Waals surface area contributed by atoms with E-state index in [1.165, 1.54) is 0 Å². The molecule has 3 heteroatoms. The van der Waals surface area contributed by atoms with Crippen LogP contribution in [0.1, 0.15) is 11.1 Å². The number of benzene rings is 2. The number of aromatic nitrogens is 1. The van der Waals surface area contributed by atoms with Gasteiger partial charge in [0.05, 0.1) is 0 Å². The topological polar surface area (TPSA) is 52.0 Å². The predicted octanol–water partition coefficient (Wildman–Crippen LogP) is 3.69. The van der Waals surface area contributed by atoms with E-state index < -0.39 is 0 Å². The summed E-state index contributed by atoms with van der Waals surface area (Å²) in [4.78, 5) is 4.52. The summed E-state index contributed by atoms with van der Waals surface area (Å²) < 4.78 is 5.85. The van der Waals surface area contributed by atoms with E-state index in [0.717, 1.165) is 33.5 Å². The van der Waals surface area contributed by atoms with Crippen LogP contribution in [0.5, 0.6) is 0 Å². The molecule has 18 heavy (non-hydrogen) atoms. The molecule has 0 unspecified atom stereocenters. The Labute approximate surface area is 105 Å². The molecule has 2 N–H and O–H groups in total. The van der Waals surface area contributed by atoms with E-state index in [-0.39, 0.29) is 0 Å². The van der Waals surface area contributed by atoms with Gasteiger partial charge in [0.25, 0.3) is 0 Å². The van der Waals surface area contributed by atoms with Crippen LogP contribution in [0.15, 0.2) is 40.8 Å². The molecule has 0 amide bonds. The molecule has 0 atom stereocenters. The number of oxazole rings is 1. The Balaban J connectivity index is 2.26. The van der Waals surface area contributed by atoms with Gasteiger partial charge in [-0.2, -0.15) is 0 Å². The zero-order valence-electron chi connectivity index (χ0n) is 10.4. The quantitative estimate of drug-likeness (QED) is 0.658. The summed E-state index contributed by atoms with van der Waals surface area (Å²) in [6, 6.07) is 11.7. The standard InChI is InChI=1S/C15H14N2O/c1-9-6-7-11(16)8-12(9)15-17-13-5-3-4-10(2)14(13)18-15/h3-8H,16H2,1-2H3. The first-order chi connectivity index (χ1) is 8.65.